The molecule has 0 N–H and O–H groups in total. The lowest BCUT2D eigenvalue weighted by Crippen LogP contribution is -2.89. The molecule has 324 valence electrons. The molecule has 4 nitrogen and oxygen atoms in total. The van der Waals surface area contributed by atoms with E-state index in [0.717, 1.165) is 0 Å². The van der Waals surface area contributed by atoms with E-state index >= 15 is 35.1 Å². The van der Waals surface area contributed by atoms with Crippen molar-refractivity contribution in [2.45, 2.75) is 92.4 Å². The molecule has 0 heterocycles. The molecule has 1 saturated carbocycles. The van der Waals surface area contributed by atoms with Gasteiger partial charge in [0.1, 0.15) is 25.4 Å². The summed E-state index contributed by atoms with van der Waals surface area (Å²) < 4.78 is 342. The first kappa shape index (κ1) is 53.6. The number of methoxy groups -OCH3 is 1. The molecule has 0 radical (unpaired) electrons. The van der Waals surface area contributed by atoms with Gasteiger partial charge in [-0.25, -0.2) is 71.0 Å². The molecule has 1 rings (SSSR count). The lowest BCUT2D eigenvalue weighted by Gasteiger charge is -2.62. The van der Waals surface area contributed by atoms with Gasteiger partial charge in [0.2, 0.25) is 0 Å². The maximum absolute atomic E-state index is 15.3. The molecule has 0 aliphatic heterocycles. The van der Waals surface area contributed by atoms with E-state index in [4.69, 9.17) is 0 Å². The first-order valence-electron chi connectivity index (χ1n) is 13.6. The van der Waals surface area contributed by atoms with Crippen molar-refractivity contribution in [3.05, 3.63) is 12.7 Å². The molecule has 3 unspecified atom stereocenters. The Balaban J connectivity index is 0. The summed E-state index contributed by atoms with van der Waals surface area (Å²) in [5, 5.41) is 0. The summed E-state index contributed by atoms with van der Waals surface area (Å²) in [5.41, 5.74) is -27.6. The molecule has 1 aliphatic rings. The third kappa shape index (κ3) is 7.38. The Bertz CT molecular complexity index is 1190. The Morgan fingerprint density at radius 1 is 0.611 bits per heavy atom. The summed E-state index contributed by atoms with van der Waals surface area (Å²) in [7, 11) is 0.674. The highest BCUT2D eigenvalue weighted by molar-refractivity contribution is 5.81. The highest BCUT2D eigenvalue weighted by atomic mass is 19.3. The van der Waals surface area contributed by atoms with Crippen LogP contribution >= 0.6 is 0 Å². The van der Waals surface area contributed by atoms with Crippen molar-refractivity contribution in [1.82, 2.24) is 0 Å². The van der Waals surface area contributed by atoms with Crippen molar-refractivity contribution >= 4 is 5.97 Å². The summed E-state index contributed by atoms with van der Waals surface area (Å²) in [5.74, 6) is -44.7. The van der Waals surface area contributed by atoms with Crippen molar-refractivity contribution in [3.63, 3.8) is 0 Å². The number of alkyl halides is 24. The largest absolute Gasteiger partial charge is 0.453 e. The fourth-order valence-electron chi connectivity index (χ4n) is 4.93. The predicted octanol–water partition coefficient (Wildman–Crippen LogP) is 10.3. The quantitative estimate of drug-likeness (QED) is 0.105. The highest BCUT2D eigenvalue weighted by Gasteiger charge is 3.02. The Morgan fingerprint density at radius 2 is 0.944 bits per heavy atom. The van der Waals surface area contributed by atoms with Crippen molar-refractivity contribution in [1.29, 1.82) is 0 Å². The van der Waals surface area contributed by atoms with Crippen molar-refractivity contribution < 1.29 is 124 Å². The lowest BCUT2D eigenvalue weighted by molar-refractivity contribution is -0.479. The number of rotatable bonds is 13. The van der Waals surface area contributed by atoms with Crippen LogP contribution in [0.2, 0.25) is 0 Å². The van der Waals surface area contributed by atoms with Gasteiger partial charge in [-0.05, 0) is 6.42 Å². The van der Waals surface area contributed by atoms with Gasteiger partial charge in [0.15, 0.2) is 12.0 Å². The summed E-state index contributed by atoms with van der Waals surface area (Å²) in [6.45, 7) is -13.2. The first-order chi connectivity index (χ1) is 23.7. The van der Waals surface area contributed by atoms with E-state index in [9.17, 15) is 75.0 Å². The van der Waals surface area contributed by atoms with Crippen LogP contribution in [0.3, 0.4) is 0 Å². The van der Waals surface area contributed by atoms with E-state index in [2.05, 4.69) is 20.8 Å². The number of halogens is 24. The first-order valence-corrected chi connectivity index (χ1v) is 13.6. The van der Waals surface area contributed by atoms with Crippen LogP contribution in [0.5, 0.6) is 0 Å². The maximum atomic E-state index is 15.3. The minimum absolute atomic E-state index is 0.0775. The van der Waals surface area contributed by atoms with Gasteiger partial charge >= 0.3 is 53.4 Å². The zero-order valence-corrected chi connectivity index (χ0v) is 27.5. The average molecular weight is 860 g/mol. The molecule has 1 aliphatic carbocycles. The van der Waals surface area contributed by atoms with Crippen LogP contribution in [0.1, 0.15) is 27.2 Å². The molecule has 28 heteroatoms. The highest BCUT2D eigenvalue weighted by Crippen LogP contribution is 2.76. The van der Waals surface area contributed by atoms with Crippen molar-refractivity contribution in [2.75, 3.05) is 40.9 Å². The molecule has 0 aromatic carbocycles. The van der Waals surface area contributed by atoms with Gasteiger partial charge in [0.05, 0.1) is 7.18 Å². The lowest BCUT2D eigenvalue weighted by atomic mass is 9.51. The van der Waals surface area contributed by atoms with Crippen LogP contribution < -0.4 is 0 Å². The zero-order chi connectivity index (χ0) is 44.4. The molecule has 1 fully saturated rings. The van der Waals surface area contributed by atoms with E-state index in [0.29, 0.717) is 13.3 Å². The molecule has 3 atom stereocenters. The molecule has 54 heavy (non-hydrogen) atoms. The van der Waals surface area contributed by atoms with Crippen molar-refractivity contribution in [3.8, 4) is 0 Å². The van der Waals surface area contributed by atoms with Gasteiger partial charge in [-0.1, -0.05) is 13.5 Å². The molecular weight excluding hydrogens is 832 g/mol. The second-order valence-corrected chi connectivity index (χ2v) is 11.1. The molecule has 0 spiro atoms. The van der Waals surface area contributed by atoms with Crippen molar-refractivity contribution in [2.24, 2.45) is 10.8 Å². The van der Waals surface area contributed by atoms with Gasteiger partial charge in [-0.3, -0.25) is 8.78 Å². The van der Waals surface area contributed by atoms with Gasteiger partial charge in [-0.2, -0.15) is 35.1 Å². The minimum atomic E-state index is -8.09. The summed E-state index contributed by atoms with van der Waals surface area (Å²) in [6, 6.07) is 0. The standard InChI is InChI=1S/C17H17F17.C8H8F6O4.CH3F/c1-4-10(5-18)14(27,28)11(6-19,7-20)16(31,32)13(26,9(3,23)24)17(33,34)12(25,8(2,21)22)15(10,29)30;1-3-5(15)17-4-6(9,10)18-8(13,14)7(11,12)16-2;1-2/h4-7H2,1-3H3;3H,1,4H2,2H3;1H3. The van der Waals surface area contributed by atoms with Gasteiger partial charge in [-0.15, -0.1) is 0 Å². The molecule has 0 aromatic rings. The van der Waals surface area contributed by atoms with Gasteiger partial charge in [0, 0.05) is 27.0 Å². The smallest absolute Gasteiger partial charge is 0.452 e. The fraction of sp³-hybridized carbons (Fsp3) is 0.885. The van der Waals surface area contributed by atoms with E-state index < -0.39 is 129 Å². The van der Waals surface area contributed by atoms with Crippen LogP contribution in [-0.2, 0) is 19.0 Å². The Morgan fingerprint density at radius 3 is 1.20 bits per heavy atom. The predicted molar refractivity (Wildman–Crippen MR) is 133 cm³/mol. The Labute approximate surface area is 288 Å². The van der Waals surface area contributed by atoms with E-state index in [1.165, 1.54) is 0 Å². The molecule has 0 aromatic heterocycles. The van der Waals surface area contributed by atoms with Gasteiger partial charge < -0.3 is 9.47 Å². The summed E-state index contributed by atoms with van der Waals surface area (Å²) in [4.78, 5) is 10.4. The zero-order valence-electron chi connectivity index (χ0n) is 27.5. The number of carbonyl (C=O) groups excluding carboxylic acids is 1. The van der Waals surface area contributed by atoms with Gasteiger partial charge in [0.25, 0.3) is 17.8 Å². The SMILES string of the molecule is C=CC(=O)OCC(F)(F)OC(F)(F)C(F)(F)OC.CCC1(CF)C(F)(F)C(CF)(CF)C(F)(F)C(F)(C(C)(F)F)C(F)(F)C(F)(C(C)(F)F)C1(F)F.CF. The Hall–Kier alpha value is -2.55. The third-order valence-electron chi connectivity index (χ3n) is 8.05. The molecule has 0 bridgehead atoms. The number of carbonyl (C=O) groups is 1. The van der Waals surface area contributed by atoms with Crippen LogP contribution in [-0.4, -0.2) is 112 Å². The second-order valence-electron chi connectivity index (χ2n) is 11.1. The van der Waals surface area contributed by atoms with Crippen LogP contribution in [0.4, 0.5) is 105 Å². The van der Waals surface area contributed by atoms with E-state index in [1.54, 1.807) is 0 Å². The maximum Gasteiger partial charge on any atom is 0.452 e. The average Bonchev–Trinajstić information content (AvgIpc) is 3.02. The third-order valence-corrected chi connectivity index (χ3v) is 8.05. The normalized spacial score (nSPS) is 27.9. The van der Waals surface area contributed by atoms with Crippen LogP contribution in [0.25, 0.3) is 0 Å². The van der Waals surface area contributed by atoms with Crippen LogP contribution in [0, 0.1) is 10.8 Å². The minimum Gasteiger partial charge on any atom is -0.453 e. The molecular formula is C26H28F24O4. The number of hydrogen-bond acceptors (Lipinski definition) is 4. The Kier molecular flexibility index (Phi) is 16.0. The summed E-state index contributed by atoms with van der Waals surface area (Å²) in [6.07, 6.45) is -17.8. The second kappa shape index (κ2) is 16.1. The van der Waals surface area contributed by atoms with Crippen LogP contribution in [0.15, 0.2) is 12.7 Å². The molecule has 0 saturated heterocycles. The molecule has 0 amide bonds. The number of hydrogen-bond donors (Lipinski definition) is 0. The van der Waals surface area contributed by atoms with E-state index in [1.807, 2.05) is 0 Å². The monoisotopic (exact) mass is 860 g/mol. The van der Waals surface area contributed by atoms with E-state index in [-0.39, 0.29) is 14.0 Å². The number of esters is 1. The summed E-state index contributed by atoms with van der Waals surface area (Å²) >= 11 is 0. The fourth-order valence-corrected chi connectivity index (χ4v) is 4.93. The topological polar surface area (TPSA) is 44.8 Å². The number of ether oxygens (including phenoxy) is 3.